The molecule has 1 unspecified atom stereocenters. The molecule has 2 heterocycles. The van der Waals surface area contributed by atoms with Crippen LogP contribution in [0.4, 0.5) is 11.4 Å². The Labute approximate surface area is 177 Å². The number of hydrogen-bond donors (Lipinski definition) is 2. The SMILES string of the molecule is CCN(CC(=O)O)C1CCN(C(C)C(=O)N2CC(=O)Nc3ccccc32)CC1.Cl. The van der Waals surface area contributed by atoms with Crippen LogP contribution in [0.25, 0.3) is 0 Å². The number of hydrogen-bond acceptors (Lipinski definition) is 5. The van der Waals surface area contributed by atoms with Crippen molar-refractivity contribution in [3.05, 3.63) is 24.3 Å². The summed E-state index contributed by atoms with van der Waals surface area (Å²) in [4.78, 5) is 41.9. The average Bonchev–Trinajstić information content (AvgIpc) is 2.70. The first kappa shape index (κ1) is 23.1. The van der Waals surface area contributed by atoms with Crippen molar-refractivity contribution in [3.8, 4) is 0 Å². The summed E-state index contributed by atoms with van der Waals surface area (Å²) in [6.45, 7) is 6.09. The van der Waals surface area contributed by atoms with Gasteiger partial charge in [0.15, 0.2) is 0 Å². The minimum absolute atomic E-state index is 0. The van der Waals surface area contributed by atoms with Crippen molar-refractivity contribution in [3.63, 3.8) is 0 Å². The normalized spacial score (nSPS) is 18.6. The van der Waals surface area contributed by atoms with E-state index in [2.05, 4.69) is 10.2 Å². The lowest BCUT2D eigenvalue weighted by Crippen LogP contribution is -2.54. The topological polar surface area (TPSA) is 93.2 Å². The van der Waals surface area contributed by atoms with Crippen molar-refractivity contribution in [1.82, 2.24) is 9.80 Å². The maximum atomic E-state index is 13.1. The second kappa shape index (κ2) is 10.0. The molecule has 3 rings (SSSR count). The van der Waals surface area contributed by atoms with Gasteiger partial charge >= 0.3 is 5.97 Å². The van der Waals surface area contributed by atoms with Crippen LogP contribution in [0.3, 0.4) is 0 Å². The van der Waals surface area contributed by atoms with Crippen LogP contribution in [0, 0.1) is 0 Å². The highest BCUT2D eigenvalue weighted by atomic mass is 35.5. The number of nitrogens with one attached hydrogen (secondary N) is 1. The zero-order chi connectivity index (χ0) is 20.3. The van der Waals surface area contributed by atoms with E-state index in [0.29, 0.717) is 12.2 Å². The van der Waals surface area contributed by atoms with E-state index in [4.69, 9.17) is 5.11 Å². The molecule has 2 N–H and O–H groups in total. The number of piperidine rings is 1. The van der Waals surface area contributed by atoms with Gasteiger partial charge in [-0.3, -0.25) is 29.1 Å². The number of aliphatic carboxylic acids is 1. The minimum Gasteiger partial charge on any atom is -0.480 e. The summed E-state index contributed by atoms with van der Waals surface area (Å²) in [5, 5.41) is 11.9. The summed E-state index contributed by atoms with van der Waals surface area (Å²) in [6, 6.07) is 7.21. The Morgan fingerprint density at radius 3 is 2.55 bits per heavy atom. The molecular weight excluding hydrogens is 396 g/mol. The van der Waals surface area contributed by atoms with Crippen molar-refractivity contribution in [2.24, 2.45) is 0 Å². The number of para-hydroxylation sites is 2. The lowest BCUT2D eigenvalue weighted by molar-refractivity contribution is -0.139. The molecule has 2 amide bonds. The lowest BCUT2D eigenvalue weighted by Gasteiger charge is -2.41. The van der Waals surface area contributed by atoms with Gasteiger partial charge in [0.1, 0.15) is 6.54 Å². The number of carbonyl (C=O) groups is 3. The van der Waals surface area contributed by atoms with Crippen molar-refractivity contribution in [2.75, 3.05) is 42.9 Å². The van der Waals surface area contributed by atoms with E-state index in [-0.39, 0.29) is 49.4 Å². The summed E-state index contributed by atoms with van der Waals surface area (Å²) in [5.74, 6) is -1.08. The molecular formula is C20H29ClN4O4. The van der Waals surface area contributed by atoms with Gasteiger partial charge in [-0.05, 0) is 38.4 Å². The number of fused-ring (bicyclic) bond motifs is 1. The van der Waals surface area contributed by atoms with E-state index >= 15 is 0 Å². The fourth-order valence-corrected chi connectivity index (χ4v) is 4.12. The lowest BCUT2D eigenvalue weighted by atomic mass is 10.0. The molecule has 0 saturated carbocycles. The smallest absolute Gasteiger partial charge is 0.317 e. The number of carbonyl (C=O) groups excluding carboxylic acids is 2. The zero-order valence-corrected chi connectivity index (χ0v) is 17.7. The van der Waals surface area contributed by atoms with E-state index in [1.807, 2.05) is 36.9 Å². The standard InChI is InChI=1S/C20H28N4O4.ClH/c1-3-22(13-19(26)27)15-8-10-23(11-9-15)14(2)20(28)24-12-18(25)21-16-6-4-5-7-17(16)24;/h4-7,14-15H,3,8-13H2,1-2H3,(H,21,25)(H,26,27);1H. The highest BCUT2D eigenvalue weighted by Gasteiger charge is 2.34. The predicted octanol–water partition coefficient (Wildman–Crippen LogP) is 1.65. The van der Waals surface area contributed by atoms with Crippen LogP contribution < -0.4 is 10.2 Å². The van der Waals surface area contributed by atoms with Gasteiger partial charge < -0.3 is 10.4 Å². The zero-order valence-electron chi connectivity index (χ0n) is 16.8. The number of nitrogens with zero attached hydrogens (tertiary/aromatic N) is 3. The summed E-state index contributed by atoms with van der Waals surface area (Å²) in [6.07, 6.45) is 1.66. The van der Waals surface area contributed by atoms with Crippen LogP contribution in [0.2, 0.25) is 0 Å². The third-order valence-corrected chi connectivity index (χ3v) is 5.70. The molecule has 0 bridgehead atoms. The van der Waals surface area contributed by atoms with Crippen LogP contribution in [0.5, 0.6) is 0 Å². The molecule has 1 aromatic carbocycles. The molecule has 0 aromatic heterocycles. The fourth-order valence-electron chi connectivity index (χ4n) is 4.12. The van der Waals surface area contributed by atoms with Crippen molar-refractivity contribution in [2.45, 2.75) is 38.8 Å². The maximum Gasteiger partial charge on any atom is 0.317 e. The molecule has 8 nitrogen and oxygen atoms in total. The van der Waals surface area contributed by atoms with Crippen LogP contribution in [-0.2, 0) is 14.4 Å². The molecule has 1 fully saturated rings. The molecule has 2 aliphatic heterocycles. The Bertz CT molecular complexity index is 752. The largest absolute Gasteiger partial charge is 0.480 e. The first-order valence-electron chi connectivity index (χ1n) is 9.80. The molecule has 2 aliphatic rings. The van der Waals surface area contributed by atoms with Gasteiger partial charge in [-0.15, -0.1) is 12.4 Å². The molecule has 0 spiro atoms. The van der Waals surface area contributed by atoms with Crippen LogP contribution in [0.15, 0.2) is 24.3 Å². The molecule has 9 heteroatoms. The van der Waals surface area contributed by atoms with Crippen LogP contribution in [-0.4, -0.2) is 77.5 Å². The van der Waals surface area contributed by atoms with E-state index in [9.17, 15) is 14.4 Å². The number of likely N-dealkylation sites (tertiary alicyclic amines) is 1. The Morgan fingerprint density at radius 1 is 1.28 bits per heavy atom. The van der Waals surface area contributed by atoms with Gasteiger partial charge in [-0.2, -0.15) is 0 Å². The van der Waals surface area contributed by atoms with Gasteiger partial charge in [0, 0.05) is 19.1 Å². The summed E-state index contributed by atoms with van der Waals surface area (Å²) < 4.78 is 0. The predicted molar refractivity (Wildman–Crippen MR) is 114 cm³/mol. The maximum absolute atomic E-state index is 13.1. The molecule has 1 atom stereocenters. The summed E-state index contributed by atoms with van der Waals surface area (Å²) >= 11 is 0. The minimum atomic E-state index is -0.810. The number of rotatable bonds is 6. The molecule has 0 radical (unpaired) electrons. The molecule has 29 heavy (non-hydrogen) atoms. The third-order valence-electron chi connectivity index (χ3n) is 5.70. The van der Waals surface area contributed by atoms with E-state index in [1.165, 1.54) is 0 Å². The number of anilines is 2. The van der Waals surface area contributed by atoms with E-state index in [0.717, 1.165) is 31.6 Å². The number of amides is 2. The van der Waals surface area contributed by atoms with Crippen molar-refractivity contribution >= 4 is 41.6 Å². The first-order valence-corrected chi connectivity index (χ1v) is 9.80. The monoisotopic (exact) mass is 424 g/mol. The van der Waals surface area contributed by atoms with Crippen LogP contribution >= 0.6 is 12.4 Å². The van der Waals surface area contributed by atoms with E-state index in [1.54, 1.807) is 11.0 Å². The van der Waals surface area contributed by atoms with Gasteiger partial charge in [0.25, 0.3) is 0 Å². The van der Waals surface area contributed by atoms with Crippen molar-refractivity contribution < 1.29 is 19.5 Å². The Morgan fingerprint density at radius 2 is 1.93 bits per heavy atom. The summed E-state index contributed by atoms with van der Waals surface area (Å²) in [7, 11) is 0. The molecule has 1 saturated heterocycles. The molecule has 160 valence electrons. The quantitative estimate of drug-likeness (QED) is 0.721. The number of carboxylic acids is 1. The second-order valence-electron chi connectivity index (χ2n) is 7.39. The van der Waals surface area contributed by atoms with Crippen LogP contribution in [0.1, 0.15) is 26.7 Å². The van der Waals surface area contributed by atoms with Gasteiger partial charge in [-0.1, -0.05) is 19.1 Å². The highest BCUT2D eigenvalue weighted by molar-refractivity contribution is 6.11. The number of likely N-dealkylation sites (N-methyl/N-ethyl adjacent to an activating group) is 1. The van der Waals surface area contributed by atoms with Gasteiger partial charge in [-0.25, -0.2) is 0 Å². The fraction of sp³-hybridized carbons (Fsp3) is 0.550. The molecule has 1 aromatic rings. The van der Waals surface area contributed by atoms with Gasteiger partial charge in [0.2, 0.25) is 11.8 Å². The second-order valence-corrected chi connectivity index (χ2v) is 7.39. The van der Waals surface area contributed by atoms with Gasteiger partial charge in [0.05, 0.1) is 24.0 Å². The Balaban J connectivity index is 0.00000300. The average molecular weight is 425 g/mol. The highest BCUT2D eigenvalue weighted by Crippen LogP contribution is 2.30. The Hall–Kier alpha value is -2.16. The summed E-state index contributed by atoms with van der Waals surface area (Å²) in [5.41, 5.74) is 1.39. The van der Waals surface area contributed by atoms with Crippen molar-refractivity contribution in [1.29, 1.82) is 0 Å². The molecule has 0 aliphatic carbocycles. The Kier molecular flexibility index (Phi) is 8.01. The first-order chi connectivity index (χ1) is 13.4. The number of halogens is 1. The number of carboxylic acid groups (broad SMARTS) is 1. The van der Waals surface area contributed by atoms with E-state index < -0.39 is 5.97 Å². The number of benzene rings is 1. The third kappa shape index (κ3) is 5.26.